The monoisotopic (exact) mass is 227 g/mol. The van der Waals surface area contributed by atoms with Crippen molar-refractivity contribution in [3.8, 4) is 6.07 Å². The van der Waals surface area contributed by atoms with Crippen molar-refractivity contribution >= 4 is 5.78 Å². The average Bonchev–Trinajstić information content (AvgIpc) is 3.15. The molecule has 88 valence electrons. The maximum atomic E-state index is 12.3. The first kappa shape index (κ1) is 11.9. The fraction of sp³-hybridized carbons (Fsp3) is 0.467. The van der Waals surface area contributed by atoms with E-state index in [1.165, 1.54) is 0 Å². The van der Waals surface area contributed by atoms with Crippen LogP contribution in [0.4, 0.5) is 0 Å². The van der Waals surface area contributed by atoms with E-state index in [0.717, 1.165) is 24.0 Å². The topological polar surface area (TPSA) is 40.9 Å². The number of nitrogens with zero attached hydrogens (tertiary/aromatic N) is 1. The highest BCUT2D eigenvalue weighted by Gasteiger charge is 2.36. The normalized spacial score (nSPS) is 18.2. The Balaban J connectivity index is 2.25. The van der Waals surface area contributed by atoms with Crippen LogP contribution in [0.25, 0.3) is 0 Å². The molecule has 0 amide bonds. The summed E-state index contributed by atoms with van der Waals surface area (Å²) in [4.78, 5) is 12.3. The minimum Gasteiger partial charge on any atom is -0.298 e. The molecule has 0 bridgehead atoms. The Labute approximate surface area is 102 Å². The quantitative estimate of drug-likeness (QED) is 0.792. The van der Waals surface area contributed by atoms with Crippen LogP contribution in [-0.2, 0) is 4.79 Å². The first-order valence-electron chi connectivity index (χ1n) is 6.14. The summed E-state index contributed by atoms with van der Waals surface area (Å²) in [7, 11) is 0. The van der Waals surface area contributed by atoms with E-state index in [1.54, 1.807) is 0 Å². The van der Waals surface area contributed by atoms with Crippen LogP contribution in [0.1, 0.15) is 36.8 Å². The van der Waals surface area contributed by atoms with Gasteiger partial charge in [-0.15, -0.1) is 0 Å². The van der Waals surface area contributed by atoms with Gasteiger partial charge in [-0.05, 0) is 36.8 Å². The van der Waals surface area contributed by atoms with Crippen LogP contribution in [0.15, 0.2) is 24.3 Å². The number of hydrogen-bond donors (Lipinski definition) is 0. The molecule has 0 aliphatic heterocycles. The van der Waals surface area contributed by atoms with Crippen molar-refractivity contribution in [2.24, 2.45) is 11.8 Å². The van der Waals surface area contributed by atoms with E-state index in [1.807, 2.05) is 38.1 Å². The van der Waals surface area contributed by atoms with Gasteiger partial charge in [-0.25, -0.2) is 0 Å². The van der Waals surface area contributed by atoms with E-state index in [2.05, 4.69) is 6.07 Å². The molecule has 2 atom stereocenters. The highest BCUT2D eigenvalue weighted by molar-refractivity contribution is 5.90. The summed E-state index contributed by atoms with van der Waals surface area (Å²) in [5, 5.41) is 9.25. The third kappa shape index (κ3) is 2.39. The zero-order valence-corrected chi connectivity index (χ0v) is 10.3. The van der Waals surface area contributed by atoms with Crippen molar-refractivity contribution in [2.45, 2.75) is 32.6 Å². The van der Waals surface area contributed by atoms with Crippen molar-refractivity contribution in [3.05, 3.63) is 35.4 Å². The SMILES string of the molecule is Cc1ccccc1C(C#N)C(=O)C(C)C1CC1. The molecule has 0 heterocycles. The minimum atomic E-state index is -0.591. The summed E-state index contributed by atoms with van der Waals surface area (Å²) >= 11 is 0. The fourth-order valence-electron chi connectivity index (χ4n) is 2.29. The molecule has 0 spiro atoms. The Morgan fingerprint density at radius 2 is 2.06 bits per heavy atom. The maximum Gasteiger partial charge on any atom is 0.157 e. The van der Waals surface area contributed by atoms with Gasteiger partial charge in [0.15, 0.2) is 5.78 Å². The van der Waals surface area contributed by atoms with Crippen LogP contribution >= 0.6 is 0 Å². The van der Waals surface area contributed by atoms with Crippen molar-refractivity contribution in [3.63, 3.8) is 0 Å². The number of carbonyl (C=O) groups is 1. The molecule has 1 saturated carbocycles. The van der Waals surface area contributed by atoms with E-state index < -0.39 is 5.92 Å². The second kappa shape index (κ2) is 4.71. The lowest BCUT2D eigenvalue weighted by atomic mass is 9.85. The van der Waals surface area contributed by atoms with E-state index in [9.17, 15) is 10.1 Å². The first-order valence-corrected chi connectivity index (χ1v) is 6.14. The molecule has 0 aromatic heterocycles. The van der Waals surface area contributed by atoms with Crippen molar-refractivity contribution in [1.82, 2.24) is 0 Å². The van der Waals surface area contributed by atoms with Crippen molar-refractivity contribution in [1.29, 1.82) is 5.26 Å². The molecule has 2 heteroatoms. The number of benzene rings is 1. The summed E-state index contributed by atoms with van der Waals surface area (Å²) in [6.07, 6.45) is 2.28. The molecule has 1 aromatic carbocycles. The lowest BCUT2D eigenvalue weighted by molar-refractivity contribution is -0.123. The number of ketones is 1. The first-order chi connectivity index (χ1) is 8.15. The van der Waals surface area contributed by atoms with E-state index >= 15 is 0 Å². The lowest BCUT2D eigenvalue weighted by Crippen LogP contribution is -2.21. The molecule has 1 aliphatic rings. The van der Waals surface area contributed by atoms with Crippen molar-refractivity contribution in [2.75, 3.05) is 0 Å². The highest BCUT2D eigenvalue weighted by atomic mass is 16.1. The predicted octanol–water partition coefficient (Wildman–Crippen LogP) is 3.22. The largest absolute Gasteiger partial charge is 0.298 e. The zero-order valence-electron chi connectivity index (χ0n) is 10.3. The van der Waals surface area contributed by atoms with Crippen LogP contribution in [0, 0.1) is 30.1 Å². The molecule has 0 radical (unpaired) electrons. The molecular formula is C15H17NO. The van der Waals surface area contributed by atoms with Crippen LogP contribution in [0.5, 0.6) is 0 Å². The third-order valence-corrected chi connectivity index (χ3v) is 3.69. The van der Waals surface area contributed by atoms with Gasteiger partial charge in [0.05, 0.1) is 6.07 Å². The average molecular weight is 227 g/mol. The second-order valence-electron chi connectivity index (χ2n) is 4.95. The molecule has 1 aromatic rings. The summed E-state index contributed by atoms with van der Waals surface area (Å²) in [5.41, 5.74) is 1.89. The van der Waals surface area contributed by atoms with Gasteiger partial charge in [0.1, 0.15) is 5.92 Å². The van der Waals surface area contributed by atoms with Gasteiger partial charge in [-0.2, -0.15) is 5.26 Å². The molecule has 2 nitrogen and oxygen atoms in total. The molecule has 0 N–H and O–H groups in total. The van der Waals surface area contributed by atoms with Gasteiger partial charge in [0.2, 0.25) is 0 Å². The van der Waals surface area contributed by atoms with Crippen LogP contribution in [0.2, 0.25) is 0 Å². The van der Waals surface area contributed by atoms with Crippen LogP contribution in [0.3, 0.4) is 0 Å². The highest BCUT2D eigenvalue weighted by Crippen LogP contribution is 2.39. The van der Waals surface area contributed by atoms with E-state index in [0.29, 0.717) is 5.92 Å². The summed E-state index contributed by atoms with van der Waals surface area (Å²) in [6.45, 7) is 3.91. The number of hydrogen-bond acceptors (Lipinski definition) is 2. The Kier molecular flexibility index (Phi) is 3.28. The molecular weight excluding hydrogens is 210 g/mol. The van der Waals surface area contributed by atoms with Gasteiger partial charge < -0.3 is 0 Å². The molecule has 1 aliphatic carbocycles. The Hall–Kier alpha value is -1.62. The molecule has 0 saturated heterocycles. The third-order valence-electron chi connectivity index (χ3n) is 3.69. The Morgan fingerprint density at radius 3 is 2.59 bits per heavy atom. The second-order valence-corrected chi connectivity index (χ2v) is 4.95. The van der Waals surface area contributed by atoms with Crippen molar-refractivity contribution < 1.29 is 4.79 Å². The number of aryl methyl sites for hydroxylation is 1. The zero-order chi connectivity index (χ0) is 12.4. The lowest BCUT2D eigenvalue weighted by Gasteiger charge is -2.15. The fourth-order valence-corrected chi connectivity index (χ4v) is 2.29. The number of rotatable bonds is 4. The Morgan fingerprint density at radius 1 is 1.41 bits per heavy atom. The van der Waals surface area contributed by atoms with Gasteiger partial charge in [-0.1, -0.05) is 31.2 Å². The van der Waals surface area contributed by atoms with Gasteiger partial charge >= 0.3 is 0 Å². The van der Waals surface area contributed by atoms with Gasteiger partial charge in [-0.3, -0.25) is 4.79 Å². The molecule has 2 unspecified atom stereocenters. The van der Waals surface area contributed by atoms with E-state index in [-0.39, 0.29) is 11.7 Å². The Bertz CT molecular complexity index is 468. The summed E-state index contributed by atoms with van der Waals surface area (Å²) in [6, 6.07) is 9.84. The summed E-state index contributed by atoms with van der Waals surface area (Å²) < 4.78 is 0. The van der Waals surface area contributed by atoms with Crippen LogP contribution < -0.4 is 0 Å². The molecule has 2 rings (SSSR count). The van der Waals surface area contributed by atoms with Gasteiger partial charge in [0.25, 0.3) is 0 Å². The minimum absolute atomic E-state index is 0.0271. The molecule has 1 fully saturated rings. The van der Waals surface area contributed by atoms with E-state index in [4.69, 9.17) is 0 Å². The predicted molar refractivity (Wildman–Crippen MR) is 66.4 cm³/mol. The maximum absolute atomic E-state index is 12.3. The number of nitriles is 1. The molecule has 17 heavy (non-hydrogen) atoms. The smallest absolute Gasteiger partial charge is 0.157 e. The summed E-state index contributed by atoms with van der Waals surface area (Å²) in [5.74, 6) is 0.0396. The number of carbonyl (C=O) groups excluding carboxylic acids is 1. The standard InChI is InChI=1S/C15H17NO/c1-10-5-3-4-6-13(10)14(9-16)15(17)11(2)12-7-8-12/h3-6,11-12,14H,7-8H2,1-2H3. The van der Waals surface area contributed by atoms with Gasteiger partial charge in [0, 0.05) is 5.92 Å². The number of Topliss-reactive ketones (excluding diaryl/α,β-unsaturated/α-hetero) is 1. The van der Waals surface area contributed by atoms with Crippen LogP contribution in [-0.4, -0.2) is 5.78 Å².